The fraction of sp³-hybridized carbons (Fsp3) is 0.400. The van der Waals surface area contributed by atoms with Gasteiger partial charge in [0.2, 0.25) is 5.91 Å². The third kappa shape index (κ3) is 7.08. The molecule has 0 radical (unpaired) electrons. The smallest absolute Gasteiger partial charge is 0.305 e. The van der Waals surface area contributed by atoms with Crippen molar-refractivity contribution in [2.45, 2.75) is 32.2 Å². The Morgan fingerprint density at radius 3 is 2.45 bits per heavy atom. The van der Waals surface area contributed by atoms with Gasteiger partial charge in [0.05, 0.1) is 6.42 Å². The van der Waals surface area contributed by atoms with Crippen LogP contribution in [0, 0.1) is 0 Å². The van der Waals surface area contributed by atoms with Crippen molar-refractivity contribution in [2.24, 2.45) is 0 Å². The highest BCUT2D eigenvalue weighted by molar-refractivity contribution is 6.30. The summed E-state index contributed by atoms with van der Waals surface area (Å²) in [7, 11) is 0. The Hall–Kier alpha value is -2.08. The average Bonchev–Trinajstić information content (AvgIpc) is 2.43. The fourth-order valence-corrected chi connectivity index (χ4v) is 1.94. The topological polar surface area (TPSA) is 95.5 Å². The first-order chi connectivity index (χ1) is 10.4. The number of aliphatic carboxylic acids is 1. The maximum atomic E-state index is 11.8. The van der Waals surface area contributed by atoms with E-state index in [4.69, 9.17) is 16.7 Å². The van der Waals surface area contributed by atoms with Gasteiger partial charge in [-0.15, -0.1) is 0 Å². The van der Waals surface area contributed by atoms with Gasteiger partial charge >= 0.3 is 5.97 Å². The van der Waals surface area contributed by atoms with Crippen LogP contribution in [0.25, 0.3) is 0 Å². The number of benzene rings is 1. The normalized spacial score (nSPS) is 11.5. The number of carboxylic acid groups (broad SMARTS) is 1. The summed E-state index contributed by atoms with van der Waals surface area (Å²) in [5.41, 5.74) is 0.504. The van der Waals surface area contributed by atoms with E-state index in [9.17, 15) is 14.4 Å². The van der Waals surface area contributed by atoms with Crippen LogP contribution in [0.3, 0.4) is 0 Å². The van der Waals surface area contributed by atoms with Crippen LogP contribution >= 0.6 is 11.6 Å². The fourth-order valence-electron chi connectivity index (χ4n) is 1.81. The van der Waals surface area contributed by atoms with Crippen molar-refractivity contribution in [1.29, 1.82) is 0 Å². The molecule has 22 heavy (non-hydrogen) atoms. The van der Waals surface area contributed by atoms with Gasteiger partial charge < -0.3 is 15.7 Å². The van der Waals surface area contributed by atoms with Crippen molar-refractivity contribution in [3.63, 3.8) is 0 Å². The highest BCUT2D eigenvalue weighted by Gasteiger charge is 2.11. The molecule has 0 aliphatic heterocycles. The van der Waals surface area contributed by atoms with E-state index in [0.717, 1.165) is 0 Å². The second kappa shape index (κ2) is 9.04. The molecule has 3 N–H and O–H groups in total. The minimum absolute atomic E-state index is 0.112. The van der Waals surface area contributed by atoms with Gasteiger partial charge in [0.25, 0.3) is 5.91 Å². The SMILES string of the molecule is CC(CC(=O)O)NC(=O)CCCNC(=O)c1ccc(Cl)cc1. The summed E-state index contributed by atoms with van der Waals surface area (Å²) in [6.45, 7) is 2.00. The standard InChI is InChI=1S/C15H19ClN2O4/c1-10(9-14(20)21)18-13(19)3-2-8-17-15(22)11-4-6-12(16)7-5-11/h4-7,10H,2-3,8-9H2,1H3,(H,17,22)(H,18,19)(H,20,21). The maximum Gasteiger partial charge on any atom is 0.305 e. The van der Waals surface area contributed by atoms with Gasteiger partial charge in [0.1, 0.15) is 0 Å². The van der Waals surface area contributed by atoms with Gasteiger partial charge in [0, 0.05) is 29.6 Å². The Morgan fingerprint density at radius 2 is 1.86 bits per heavy atom. The molecule has 120 valence electrons. The number of hydrogen-bond donors (Lipinski definition) is 3. The number of hydrogen-bond acceptors (Lipinski definition) is 3. The number of carbonyl (C=O) groups excluding carboxylic acids is 2. The highest BCUT2D eigenvalue weighted by Crippen LogP contribution is 2.09. The Bertz CT molecular complexity index is 531. The molecule has 1 atom stereocenters. The van der Waals surface area contributed by atoms with Crippen LogP contribution in [0.15, 0.2) is 24.3 Å². The molecular formula is C15H19ClN2O4. The zero-order chi connectivity index (χ0) is 16.5. The number of nitrogens with one attached hydrogen (secondary N) is 2. The molecule has 0 aliphatic carbocycles. The number of rotatable bonds is 8. The van der Waals surface area contributed by atoms with E-state index < -0.39 is 12.0 Å². The lowest BCUT2D eigenvalue weighted by molar-refractivity contribution is -0.137. The summed E-state index contributed by atoms with van der Waals surface area (Å²) in [5.74, 6) is -1.41. The third-order valence-electron chi connectivity index (χ3n) is 2.86. The number of carbonyl (C=O) groups is 3. The van der Waals surface area contributed by atoms with Crippen molar-refractivity contribution in [3.8, 4) is 0 Å². The van der Waals surface area contributed by atoms with Crippen molar-refractivity contribution in [2.75, 3.05) is 6.54 Å². The molecule has 0 aromatic heterocycles. The largest absolute Gasteiger partial charge is 0.481 e. The van der Waals surface area contributed by atoms with Gasteiger partial charge in [-0.25, -0.2) is 0 Å². The van der Waals surface area contributed by atoms with Crippen LogP contribution in [-0.2, 0) is 9.59 Å². The van der Waals surface area contributed by atoms with Gasteiger partial charge in [-0.2, -0.15) is 0 Å². The molecule has 2 amide bonds. The lowest BCUT2D eigenvalue weighted by Crippen LogP contribution is -2.34. The van der Waals surface area contributed by atoms with Crippen LogP contribution in [0.2, 0.25) is 5.02 Å². The van der Waals surface area contributed by atoms with Crippen molar-refractivity contribution in [3.05, 3.63) is 34.9 Å². The lowest BCUT2D eigenvalue weighted by atomic mass is 10.2. The lowest BCUT2D eigenvalue weighted by Gasteiger charge is -2.11. The monoisotopic (exact) mass is 326 g/mol. The average molecular weight is 327 g/mol. The molecular weight excluding hydrogens is 308 g/mol. The van der Waals surface area contributed by atoms with Gasteiger partial charge in [-0.05, 0) is 37.6 Å². The molecule has 1 aromatic rings. The summed E-state index contributed by atoms with van der Waals surface area (Å²) >= 11 is 5.74. The minimum atomic E-state index is -0.956. The first kappa shape index (κ1) is 18.0. The van der Waals surface area contributed by atoms with Crippen molar-refractivity contribution < 1.29 is 19.5 Å². The van der Waals surface area contributed by atoms with E-state index in [1.54, 1.807) is 31.2 Å². The predicted octanol–water partition coefficient (Wildman–Crippen LogP) is 1.83. The Morgan fingerprint density at radius 1 is 1.23 bits per heavy atom. The van der Waals surface area contributed by atoms with Crippen LogP contribution < -0.4 is 10.6 Å². The van der Waals surface area contributed by atoms with Crippen LogP contribution in [0.1, 0.15) is 36.5 Å². The zero-order valence-corrected chi connectivity index (χ0v) is 13.0. The van der Waals surface area contributed by atoms with Crippen LogP contribution in [0.5, 0.6) is 0 Å². The van der Waals surface area contributed by atoms with Crippen LogP contribution in [-0.4, -0.2) is 35.5 Å². The summed E-state index contributed by atoms with van der Waals surface area (Å²) in [6, 6.07) is 6.10. The summed E-state index contributed by atoms with van der Waals surface area (Å²) < 4.78 is 0. The van der Waals surface area contributed by atoms with Gasteiger partial charge in [-0.1, -0.05) is 11.6 Å². The molecule has 0 spiro atoms. The summed E-state index contributed by atoms with van der Waals surface area (Å²) in [4.78, 5) is 33.8. The first-order valence-corrected chi connectivity index (χ1v) is 7.31. The zero-order valence-electron chi connectivity index (χ0n) is 12.3. The van der Waals surface area contributed by atoms with E-state index in [1.807, 2.05) is 0 Å². The number of halogens is 1. The Balaban J connectivity index is 2.21. The highest BCUT2D eigenvalue weighted by atomic mass is 35.5. The quantitative estimate of drug-likeness (QED) is 0.635. The van der Waals surface area contributed by atoms with E-state index >= 15 is 0 Å². The van der Waals surface area contributed by atoms with E-state index in [1.165, 1.54) is 0 Å². The van der Waals surface area contributed by atoms with E-state index in [0.29, 0.717) is 23.6 Å². The molecule has 0 aliphatic rings. The molecule has 6 nitrogen and oxygen atoms in total. The second-order valence-corrected chi connectivity index (χ2v) is 5.37. The Labute approximate surface area is 133 Å². The molecule has 7 heteroatoms. The summed E-state index contributed by atoms with van der Waals surface area (Å²) in [5, 5.41) is 14.4. The molecule has 0 fully saturated rings. The second-order valence-electron chi connectivity index (χ2n) is 4.93. The number of amides is 2. The van der Waals surface area contributed by atoms with Gasteiger partial charge in [0.15, 0.2) is 0 Å². The van der Waals surface area contributed by atoms with E-state index in [2.05, 4.69) is 10.6 Å². The molecule has 1 aromatic carbocycles. The van der Waals surface area contributed by atoms with Crippen LogP contribution in [0.4, 0.5) is 0 Å². The van der Waals surface area contributed by atoms with Crippen molar-refractivity contribution >= 4 is 29.4 Å². The molecule has 0 saturated heterocycles. The van der Waals surface area contributed by atoms with Gasteiger partial charge in [-0.3, -0.25) is 14.4 Å². The predicted molar refractivity (Wildman–Crippen MR) is 82.9 cm³/mol. The molecule has 0 heterocycles. The molecule has 0 saturated carbocycles. The van der Waals surface area contributed by atoms with E-state index in [-0.39, 0.29) is 24.7 Å². The molecule has 1 rings (SSSR count). The maximum absolute atomic E-state index is 11.8. The third-order valence-corrected chi connectivity index (χ3v) is 3.11. The van der Waals surface area contributed by atoms with Crippen molar-refractivity contribution in [1.82, 2.24) is 10.6 Å². The first-order valence-electron chi connectivity index (χ1n) is 6.93. The minimum Gasteiger partial charge on any atom is -0.481 e. The number of carboxylic acids is 1. The summed E-state index contributed by atoms with van der Waals surface area (Å²) in [6.07, 6.45) is 0.592. The Kier molecular flexibility index (Phi) is 7.39. The molecule has 0 bridgehead atoms. The molecule has 1 unspecified atom stereocenters.